The molecule has 1 N–H and O–H groups in total. The van der Waals surface area contributed by atoms with Gasteiger partial charge in [0.05, 0.1) is 26.9 Å². The predicted octanol–water partition coefficient (Wildman–Crippen LogP) is 3.31. The van der Waals surface area contributed by atoms with Crippen LogP contribution in [0.25, 0.3) is 6.08 Å². The minimum absolute atomic E-state index is 0.0900. The summed E-state index contributed by atoms with van der Waals surface area (Å²) in [5.74, 6) is 1.28. The first kappa shape index (κ1) is 16.4. The Morgan fingerprint density at radius 3 is 2.35 bits per heavy atom. The normalized spacial score (nSPS) is 10.6. The predicted molar refractivity (Wildman–Crippen MR) is 87.6 cm³/mol. The van der Waals surface area contributed by atoms with Crippen LogP contribution in [0.1, 0.15) is 15.9 Å². The summed E-state index contributed by atoms with van der Waals surface area (Å²) in [5.41, 5.74) is 0.958. The van der Waals surface area contributed by atoms with E-state index in [1.807, 2.05) is 0 Å². The van der Waals surface area contributed by atoms with E-state index in [2.05, 4.69) is 0 Å². The number of rotatable bonds is 6. The Kier molecular flexibility index (Phi) is 5.25. The van der Waals surface area contributed by atoms with Gasteiger partial charge in [-0.25, -0.2) is 0 Å². The molecular formula is C18H18O5. The SMILES string of the molecule is COc1ccc(O)c(C(=O)C=Cc2ccc(OC)c(OC)c2)c1. The molecule has 2 rings (SSSR count). The minimum Gasteiger partial charge on any atom is -0.507 e. The summed E-state index contributed by atoms with van der Waals surface area (Å²) in [5, 5.41) is 9.80. The number of benzene rings is 2. The molecule has 0 radical (unpaired) electrons. The van der Waals surface area contributed by atoms with Gasteiger partial charge in [0.25, 0.3) is 0 Å². The Balaban J connectivity index is 2.24. The molecule has 0 spiro atoms. The third-order valence-electron chi connectivity index (χ3n) is 3.30. The van der Waals surface area contributed by atoms with Gasteiger partial charge in [0.2, 0.25) is 0 Å². The zero-order valence-electron chi connectivity index (χ0n) is 13.2. The first-order valence-corrected chi connectivity index (χ1v) is 6.90. The number of methoxy groups -OCH3 is 3. The molecule has 0 aliphatic rings. The van der Waals surface area contributed by atoms with Crippen molar-refractivity contribution in [3.05, 3.63) is 53.6 Å². The van der Waals surface area contributed by atoms with E-state index in [0.29, 0.717) is 17.2 Å². The van der Waals surface area contributed by atoms with E-state index >= 15 is 0 Å². The van der Waals surface area contributed by atoms with E-state index in [4.69, 9.17) is 14.2 Å². The van der Waals surface area contributed by atoms with Crippen LogP contribution in [-0.4, -0.2) is 32.2 Å². The Morgan fingerprint density at radius 2 is 1.70 bits per heavy atom. The highest BCUT2D eigenvalue weighted by molar-refractivity contribution is 6.08. The van der Waals surface area contributed by atoms with Crippen LogP contribution in [0.15, 0.2) is 42.5 Å². The number of ether oxygens (including phenoxy) is 3. The average molecular weight is 314 g/mol. The summed E-state index contributed by atoms with van der Waals surface area (Å²) < 4.78 is 15.4. The lowest BCUT2D eigenvalue weighted by Gasteiger charge is -2.07. The van der Waals surface area contributed by atoms with E-state index in [-0.39, 0.29) is 17.1 Å². The largest absolute Gasteiger partial charge is 0.507 e. The molecule has 5 nitrogen and oxygen atoms in total. The molecule has 120 valence electrons. The number of phenols is 1. The van der Waals surface area contributed by atoms with E-state index < -0.39 is 0 Å². The van der Waals surface area contributed by atoms with Crippen molar-refractivity contribution in [2.24, 2.45) is 0 Å². The van der Waals surface area contributed by atoms with Gasteiger partial charge in [-0.2, -0.15) is 0 Å². The van der Waals surface area contributed by atoms with E-state index in [9.17, 15) is 9.90 Å². The summed E-state index contributed by atoms with van der Waals surface area (Å²) in [6.07, 6.45) is 3.03. The van der Waals surface area contributed by atoms with Crippen molar-refractivity contribution >= 4 is 11.9 Å². The van der Waals surface area contributed by atoms with E-state index in [1.165, 1.54) is 25.3 Å². The van der Waals surface area contributed by atoms with Crippen molar-refractivity contribution in [2.45, 2.75) is 0 Å². The first-order valence-electron chi connectivity index (χ1n) is 6.90. The quantitative estimate of drug-likeness (QED) is 0.654. The molecule has 2 aromatic rings. The number of allylic oxidation sites excluding steroid dienone is 1. The third kappa shape index (κ3) is 3.83. The number of hydrogen-bond acceptors (Lipinski definition) is 5. The maximum Gasteiger partial charge on any atom is 0.189 e. The highest BCUT2D eigenvalue weighted by Crippen LogP contribution is 2.28. The second-order valence-electron chi connectivity index (χ2n) is 4.70. The number of ketones is 1. The summed E-state index contributed by atoms with van der Waals surface area (Å²) in [6, 6.07) is 9.83. The molecule has 0 amide bonds. The molecule has 0 unspecified atom stereocenters. The fourth-order valence-electron chi connectivity index (χ4n) is 2.06. The molecule has 0 heterocycles. The van der Waals surface area contributed by atoms with Crippen LogP contribution >= 0.6 is 0 Å². The smallest absolute Gasteiger partial charge is 0.189 e. The van der Waals surface area contributed by atoms with Crippen LogP contribution in [0.3, 0.4) is 0 Å². The summed E-state index contributed by atoms with van der Waals surface area (Å²) in [4.78, 5) is 12.2. The Labute approximate surface area is 134 Å². The van der Waals surface area contributed by atoms with Gasteiger partial charge in [-0.3, -0.25) is 4.79 Å². The zero-order chi connectivity index (χ0) is 16.8. The molecule has 23 heavy (non-hydrogen) atoms. The third-order valence-corrected chi connectivity index (χ3v) is 3.30. The molecule has 0 aliphatic carbocycles. The van der Waals surface area contributed by atoms with Crippen LogP contribution in [0.4, 0.5) is 0 Å². The van der Waals surface area contributed by atoms with Crippen molar-refractivity contribution in [1.82, 2.24) is 0 Å². The van der Waals surface area contributed by atoms with Crippen LogP contribution in [-0.2, 0) is 0 Å². The molecule has 5 heteroatoms. The van der Waals surface area contributed by atoms with Gasteiger partial charge < -0.3 is 19.3 Å². The first-order chi connectivity index (χ1) is 11.1. The molecule has 0 saturated heterocycles. The van der Waals surface area contributed by atoms with Gasteiger partial charge in [0.1, 0.15) is 11.5 Å². The van der Waals surface area contributed by atoms with Gasteiger partial charge >= 0.3 is 0 Å². The number of aromatic hydroxyl groups is 1. The fraction of sp³-hybridized carbons (Fsp3) is 0.167. The van der Waals surface area contributed by atoms with Crippen molar-refractivity contribution in [1.29, 1.82) is 0 Å². The molecule has 0 aromatic heterocycles. The van der Waals surface area contributed by atoms with Crippen molar-refractivity contribution < 1.29 is 24.1 Å². The van der Waals surface area contributed by atoms with Crippen molar-refractivity contribution in [3.63, 3.8) is 0 Å². The van der Waals surface area contributed by atoms with Crippen molar-refractivity contribution in [2.75, 3.05) is 21.3 Å². The minimum atomic E-state index is -0.323. The van der Waals surface area contributed by atoms with Crippen LogP contribution < -0.4 is 14.2 Å². The fourth-order valence-corrected chi connectivity index (χ4v) is 2.06. The maximum absolute atomic E-state index is 12.2. The zero-order valence-corrected chi connectivity index (χ0v) is 13.2. The van der Waals surface area contributed by atoms with E-state index in [1.54, 1.807) is 44.6 Å². The van der Waals surface area contributed by atoms with Crippen LogP contribution in [0, 0.1) is 0 Å². The highest BCUT2D eigenvalue weighted by Gasteiger charge is 2.10. The monoisotopic (exact) mass is 314 g/mol. The van der Waals surface area contributed by atoms with Gasteiger partial charge in [0, 0.05) is 0 Å². The van der Waals surface area contributed by atoms with Gasteiger partial charge in [-0.1, -0.05) is 12.1 Å². The summed E-state index contributed by atoms with van der Waals surface area (Å²) >= 11 is 0. The number of carbonyl (C=O) groups excluding carboxylic acids is 1. The second-order valence-corrected chi connectivity index (χ2v) is 4.70. The molecule has 0 saturated carbocycles. The Bertz CT molecular complexity index is 734. The van der Waals surface area contributed by atoms with Crippen LogP contribution in [0.2, 0.25) is 0 Å². The average Bonchev–Trinajstić information content (AvgIpc) is 2.59. The van der Waals surface area contributed by atoms with E-state index in [0.717, 1.165) is 5.56 Å². The molecular weight excluding hydrogens is 296 g/mol. The molecule has 2 aromatic carbocycles. The standard InChI is InChI=1S/C18H18O5/c1-21-13-6-8-16(20)14(11-13)15(19)7-4-12-5-9-17(22-2)18(10-12)23-3/h4-11,20H,1-3H3. The molecule has 0 aliphatic heterocycles. The van der Waals surface area contributed by atoms with Crippen LogP contribution in [0.5, 0.6) is 23.0 Å². The lowest BCUT2D eigenvalue weighted by Crippen LogP contribution is -1.96. The second kappa shape index (κ2) is 7.35. The summed E-state index contributed by atoms with van der Waals surface area (Å²) in [7, 11) is 4.60. The molecule has 0 bridgehead atoms. The number of phenolic OH excluding ortho intramolecular Hbond substituents is 1. The van der Waals surface area contributed by atoms with Gasteiger partial charge in [-0.15, -0.1) is 0 Å². The number of hydrogen-bond donors (Lipinski definition) is 1. The lowest BCUT2D eigenvalue weighted by molar-refractivity contribution is 0.104. The summed E-state index contributed by atoms with van der Waals surface area (Å²) in [6.45, 7) is 0. The molecule has 0 atom stereocenters. The lowest BCUT2D eigenvalue weighted by atomic mass is 10.1. The number of carbonyl (C=O) groups is 1. The maximum atomic E-state index is 12.2. The highest BCUT2D eigenvalue weighted by atomic mass is 16.5. The van der Waals surface area contributed by atoms with Gasteiger partial charge in [-0.05, 0) is 42.0 Å². The topological polar surface area (TPSA) is 65.0 Å². The van der Waals surface area contributed by atoms with Gasteiger partial charge in [0.15, 0.2) is 17.3 Å². The molecule has 0 fully saturated rings. The van der Waals surface area contributed by atoms with Crippen molar-refractivity contribution in [3.8, 4) is 23.0 Å². The Hall–Kier alpha value is -2.95. The Morgan fingerprint density at radius 1 is 0.957 bits per heavy atom.